The molecule has 0 saturated carbocycles. The van der Waals surface area contributed by atoms with Crippen molar-refractivity contribution in [3.05, 3.63) is 251 Å². The van der Waals surface area contributed by atoms with Crippen molar-refractivity contribution in [2.45, 2.75) is 78.0 Å². The van der Waals surface area contributed by atoms with Gasteiger partial charge in [-0.3, -0.25) is 0 Å². The van der Waals surface area contributed by atoms with Crippen molar-refractivity contribution in [3.63, 3.8) is 0 Å². The smallest absolute Gasteiger partial charge is 0.270 e. The summed E-state index contributed by atoms with van der Waals surface area (Å²) in [6.45, 7) is 9.26. The van der Waals surface area contributed by atoms with Gasteiger partial charge in [-0.25, -0.2) is 80.2 Å². The topological polar surface area (TPSA) is 327 Å². The van der Waals surface area contributed by atoms with Gasteiger partial charge in [0.2, 0.25) is 0 Å². The number of phenols is 1. The fraction of sp³-hybridized carbons (Fsp3) is 0.0877. The predicted molar refractivity (Wildman–Crippen MR) is 379 cm³/mol. The summed E-state index contributed by atoms with van der Waals surface area (Å²) in [6, 6.07) is 52.3. The largest absolute Gasteiger partial charge is 0.508 e. The molecule has 39 heteroatoms. The lowest BCUT2D eigenvalue weighted by molar-refractivity contribution is 0.474. The third-order valence-electron chi connectivity index (χ3n) is 10.4. The van der Waals surface area contributed by atoms with Crippen LogP contribution in [0.15, 0.2) is 261 Å². The number of halogens is 10. The molecule has 1 N–H and O–H groups in total. The fourth-order valence-corrected chi connectivity index (χ4v) is 14.0. The maximum atomic E-state index is 12.2. The summed E-state index contributed by atoms with van der Waals surface area (Å²) in [5.74, 6) is -0.483. The molecule has 0 unspecified atom stereocenters. The summed E-state index contributed by atoms with van der Waals surface area (Å²) in [6.07, 6.45) is 0. The first-order valence-corrected chi connectivity index (χ1v) is 46.9. The molecular formula is C57H52Cl9FO19S10. The highest BCUT2D eigenvalue weighted by Crippen LogP contribution is 2.22. The fourth-order valence-electron chi connectivity index (χ4n) is 5.83. The Morgan fingerprint density at radius 2 is 0.500 bits per heavy atom. The van der Waals surface area contributed by atoms with Gasteiger partial charge in [0.1, 0.15) is 15.8 Å². The third-order valence-corrected chi connectivity index (χ3v) is 24.3. The van der Waals surface area contributed by atoms with E-state index in [4.69, 9.17) is 101 Å². The molecule has 0 aliphatic heterocycles. The molecule has 1 heterocycles. The number of aryl methyl sites for hydroxylation is 5. The number of aromatic hydroxyl groups is 1. The van der Waals surface area contributed by atoms with Gasteiger partial charge in [-0.2, -0.15) is 0 Å². The Kier molecular flexibility index (Phi) is 37.2. The van der Waals surface area contributed by atoms with Gasteiger partial charge in [-0.15, -0.1) is 11.3 Å². The van der Waals surface area contributed by atoms with Crippen LogP contribution in [-0.2, 0) is 81.5 Å². The maximum Gasteiger partial charge on any atom is 0.270 e. The minimum absolute atomic E-state index is 0.00840. The average molecular weight is 1700 g/mol. The van der Waals surface area contributed by atoms with Crippen molar-refractivity contribution in [1.82, 2.24) is 0 Å². The summed E-state index contributed by atoms with van der Waals surface area (Å²) in [5.41, 5.74) is 4.79. The molecular weight excluding hydrogens is 1650 g/mol. The third kappa shape index (κ3) is 38.6. The highest BCUT2D eigenvalue weighted by atomic mass is 35.7. The van der Waals surface area contributed by atoms with Crippen molar-refractivity contribution >= 4 is 189 Å². The predicted octanol–water partition coefficient (Wildman–Crippen LogP) is 16.0. The van der Waals surface area contributed by atoms with Gasteiger partial charge in [0, 0.05) is 96.1 Å². The Bertz CT molecular complexity index is 4540. The van der Waals surface area contributed by atoms with Crippen molar-refractivity contribution in [1.29, 1.82) is 0 Å². The Labute approximate surface area is 602 Å². The van der Waals surface area contributed by atoms with Crippen LogP contribution in [0, 0.1) is 40.4 Å². The van der Waals surface area contributed by atoms with E-state index in [2.05, 4.69) is 0 Å². The first-order chi connectivity index (χ1) is 43.7. The van der Waals surface area contributed by atoms with E-state index in [1.54, 1.807) is 78.2 Å². The minimum Gasteiger partial charge on any atom is -0.508 e. The number of hydrogen-bond donors (Lipinski definition) is 1. The molecule has 96 heavy (non-hydrogen) atoms. The molecule has 19 nitrogen and oxygen atoms in total. The number of thiophene rings is 1. The second-order valence-electron chi connectivity index (χ2n) is 18.2. The van der Waals surface area contributed by atoms with Crippen molar-refractivity contribution < 1.29 is 85.3 Å². The summed E-state index contributed by atoms with van der Waals surface area (Å²) in [4.78, 5) is 0.756. The van der Waals surface area contributed by atoms with Crippen molar-refractivity contribution in [3.8, 4) is 5.75 Å². The van der Waals surface area contributed by atoms with Crippen LogP contribution in [0.3, 0.4) is 0 Å². The average Bonchev–Trinajstić information content (AvgIpc) is 1.58. The Hall–Kier alpha value is -4.65. The molecule has 0 fully saturated rings. The van der Waals surface area contributed by atoms with E-state index in [1.807, 2.05) is 46.8 Å². The zero-order chi connectivity index (χ0) is 73.9. The van der Waals surface area contributed by atoms with E-state index in [1.165, 1.54) is 103 Å². The molecule has 9 rings (SSSR count). The Morgan fingerprint density at radius 3 is 0.698 bits per heavy atom. The second kappa shape index (κ2) is 40.0. The number of phenolic OH excluding ortho intramolecular Hbond substituents is 1. The van der Waals surface area contributed by atoms with E-state index in [9.17, 15) is 80.2 Å². The molecule has 0 atom stereocenters. The molecule has 8 aromatic carbocycles. The Morgan fingerprint density at radius 1 is 0.260 bits per heavy atom. The zero-order valence-electron chi connectivity index (χ0n) is 49.4. The standard InChI is InChI=1S/5C7H7ClO2S.C6H4ClFO2S.C6H5ClO3S.C6H5ClO2S.C4H3ClO2S2/c3*1-6-2-4-7(5-3-6)11(8,9)10;2*1-6-3-2-4-7(5-6)11(8,9)10;2*7-11(9,10)6-3-1-5(8)2-4-6;7-10(8,9)6-4-2-1-3-5-6;5-9(6,7)4-2-1-3-8-4/h5*2-5H,1H3;1-4H;1-4,8H;1-5H;1-3H. The molecule has 1 aromatic heterocycles. The van der Waals surface area contributed by atoms with Gasteiger partial charge >= 0.3 is 0 Å². The summed E-state index contributed by atoms with van der Waals surface area (Å²) >= 11 is 1.11. The minimum atomic E-state index is -3.71. The van der Waals surface area contributed by atoms with Gasteiger partial charge < -0.3 is 5.11 Å². The van der Waals surface area contributed by atoms with E-state index in [-0.39, 0.29) is 49.1 Å². The van der Waals surface area contributed by atoms with Crippen LogP contribution < -0.4 is 0 Å². The van der Waals surface area contributed by atoms with Crippen molar-refractivity contribution in [2.24, 2.45) is 0 Å². The normalized spacial score (nSPS) is 11.4. The van der Waals surface area contributed by atoms with Gasteiger partial charge in [0.05, 0.1) is 39.2 Å². The monoisotopic (exact) mass is 1690 g/mol. The molecule has 9 aromatic rings. The zero-order valence-corrected chi connectivity index (χ0v) is 64.4. The SMILES string of the molecule is Cc1ccc(S(=O)(=O)Cl)cc1.Cc1ccc(S(=O)(=O)Cl)cc1.Cc1ccc(S(=O)(=O)Cl)cc1.Cc1cccc(S(=O)(=O)Cl)c1.Cc1cccc(S(=O)(=O)Cl)c1.O=S(=O)(Cl)c1ccc(F)cc1.O=S(=O)(Cl)c1ccc(O)cc1.O=S(=O)(Cl)c1ccccc1.O=S(=O)(Cl)c1cccs1. The summed E-state index contributed by atoms with van der Waals surface area (Å²) in [5, 5.41) is 10.4. The van der Waals surface area contributed by atoms with Crippen LogP contribution in [0.4, 0.5) is 4.39 Å². The highest BCUT2D eigenvalue weighted by Gasteiger charge is 2.14. The lowest BCUT2D eigenvalue weighted by Gasteiger charge is -1.95. The highest BCUT2D eigenvalue weighted by molar-refractivity contribution is 8.16. The van der Waals surface area contributed by atoms with E-state index in [0.29, 0.717) is 0 Å². The molecule has 0 aliphatic carbocycles. The maximum absolute atomic E-state index is 12.2. The first-order valence-electron chi connectivity index (χ1n) is 25.2. The van der Waals surface area contributed by atoms with Gasteiger partial charge in [-0.1, -0.05) is 102 Å². The lowest BCUT2D eigenvalue weighted by Crippen LogP contribution is -1.89. The van der Waals surface area contributed by atoms with E-state index in [0.717, 1.165) is 63.4 Å². The molecule has 524 valence electrons. The molecule has 0 spiro atoms. The number of rotatable bonds is 9. The summed E-state index contributed by atoms with van der Waals surface area (Å²) < 4.78 is 204. The van der Waals surface area contributed by atoms with Crippen LogP contribution in [0.2, 0.25) is 0 Å². The van der Waals surface area contributed by atoms with Crippen LogP contribution in [0.5, 0.6) is 5.75 Å². The Balaban J connectivity index is 0.000000540. The first kappa shape index (κ1) is 89.4. The van der Waals surface area contributed by atoms with Crippen LogP contribution >= 0.6 is 107 Å². The molecule has 0 bridgehead atoms. The van der Waals surface area contributed by atoms with Crippen LogP contribution in [0.1, 0.15) is 27.8 Å². The van der Waals surface area contributed by atoms with Crippen molar-refractivity contribution in [2.75, 3.05) is 0 Å². The van der Waals surface area contributed by atoms with E-state index < -0.39 is 87.3 Å². The van der Waals surface area contributed by atoms with Gasteiger partial charge in [0.15, 0.2) is 0 Å². The lowest BCUT2D eigenvalue weighted by atomic mass is 10.2. The van der Waals surface area contributed by atoms with Gasteiger partial charge in [-0.05, 0) is 179 Å². The molecule has 0 saturated heterocycles. The summed E-state index contributed by atoms with van der Waals surface area (Å²) in [7, 11) is 13.3. The van der Waals surface area contributed by atoms with Crippen LogP contribution in [-0.4, -0.2) is 80.9 Å². The number of benzene rings is 8. The second-order valence-corrected chi connectivity index (χ2v) is 42.5. The van der Waals surface area contributed by atoms with E-state index >= 15 is 0 Å². The van der Waals surface area contributed by atoms with Gasteiger partial charge in [0.25, 0.3) is 81.5 Å². The molecule has 0 radical (unpaired) electrons. The van der Waals surface area contributed by atoms with Crippen LogP contribution in [0.25, 0.3) is 0 Å². The molecule has 0 aliphatic rings. The number of hydrogen-bond acceptors (Lipinski definition) is 20. The quantitative estimate of drug-likeness (QED) is 0.131. The molecule has 0 amide bonds.